The molecule has 1 N–H and O–H groups in total. The van der Waals surface area contributed by atoms with E-state index in [9.17, 15) is 8.42 Å². The van der Waals surface area contributed by atoms with Gasteiger partial charge >= 0.3 is 0 Å². The molecule has 0 aliphatic carbocycles. The summed E-state index contributed by atoms with van der Waals surface area (Å²) in [5.41, 5.74) is 1.21. The minimum absolute atomic E-state index is 0.261. The fourth-order valence-electron chi connectivity index (χ4n) is 2.68. The fraction of sp³-hybridized carbons (Fsp3) is 0.750. The number of hydrogen-bond donors (Lipinski definition) is 1. The maximum atomic E-state index is 11.5. The lowest BCUT2D eigenvalue weighted by atomic mass is 9.94. The number of aromatic nitrogens is 2. The topological polar surface area (TPSA) is 64.0 Å². The molecule has 0 radical (unpaired) electrons. The molecule has 0 saturated carbocycles. The molecule has 1 aliphatic heterocycles. The quantitative estimate of drug-likeness (QED) is 0.840. The van der Waals surface area contributed by atoms with Crippen molar-refractivity contribution < 1.29 is 8.42 Å². The van der Waals surface area contributed by atoms with E-state index in [4.69, 9.17) is 0 Å². The molecule has 0 bridgehead atoms. The van der Waals surface area contributed by atoms with E-state index in [1.807, 2.05) is 26.5 Å². The van der Waals surface area contributed by atoms with Crippen LogP contribution in [0.15, 0.2) is 12.4 Å². The van der Waals surface area contributed by atoms with Crippen molar-refractivity contribution in [1.82, 2.24) is 15.1 Å². The Morgan fingerprint density at radius 2 is 2.39 bits per heavy atom. The van der Waals surface area contributed by atoms with Gasteiger partial charge in [0.15, 0.2) is 9.84 Å². The van der Waals surface area contributed by atoms with Gasteiger partial charge in [0, 0.05) is 19.3 Å². The zero-order valence-corrected chi connectivity index (χ0v) is 11.8. The third-order valence-corrected chi connectivity index (χ3v) is 5.50. The van der Waals surface area contributed by atoms with Gasteiger partial charge in [-0.2, -0.15) is 5.10 Å². The van der Waals surface area contributed by atoms with Crippen LogP contribution in [-0.2, 0) is 23.3 Å². The number of nitrogens with one attached hydrogen (secondary N) is 1. The van der Waals surface area contributed by atoms with Crippen LogP contribution in [0.2, 0.25) is 0 Å². The predicted octanol–water partition coefficient (Wildman–Crippen LogP) is 0.375. The molecule has 1 fully saturated rings. The molecule has 1 aromatic heterocycles. The van der Waals surface area contributed by atoms with E-state index < -0.39 is 9.84 Å². The van der Waals surface area contributed by atoms with E-state index in [1.165, 1.54) is 5.56 Å². The lowest BCUT2D eigenvalue weighted by molar-refractivity contribution is 0.383. The van der Waals surface area contributed by atoms with Crippen molar-refractivity contribution in [2.45, 2.75) is 25.3 Å². The van der Waals surface area contributed by atoms with Gasteiger partial charge in [0.2, 0.25) is 0 Å². The standard InChI is InChI=1S/C12H21N3O2S/c1-13-12(11-5-6-18(16,17)9-11)4-3-10-7-14-15(2)8-10/h7-8,11-13H,3-6,9H2,1-2H3. The minimum Gasteiger partial charge on any atom is -0.317 e. The molecule has 2 rings (SSSR count). The van der Waals surface area contributed by atoms with Crippen LogP contribution in [-0.4, -0.2) is 42.8 Å². The molecule has 5 nitrogen and oxygen atoms in total. The van der Waals surface area contributed by atoms with Gasteiger partial charge in [0.1, 0.15) is 0 Å². The summed E-state index contributed by atoms with van der Waals surface area (Å²) in [4.78, 5) is 0. The molecule has 6 heteroatoms. The van der Waals surface area contributed by atoms with Crippen LogP contribution in [0.5, 0.6) is 0 Å². The Balaban J connectivity index is 1.90. The van der Waals surface area contributed by atoms with Crippen molar-refractivity contribution in [3.8, 4) is 0 Å². The number of nitrogens with zero attached hydrogens (tertiary/aromatic N) is 2. The monoisotopic (exact) mass is 271 g/mol. The highest BCUT2D eigenvalue weighted by Crippen LogP contribution is 2.24. The molecular weight excluding hydrogens is 250 g/mol. The van der Waals surface area contributed by atoms with Crippen LogP contribution < -0.4 is 5.32 Å². The molecule has 1 saturated heterocycles. The van der Waals surface area contributed by atoms with E-state index in [1.54, 1.807) is 4.68 Å². The lowest BCUT2D eigenvalue weighted by Gasteiger charge is -2.21. The van der Waals surface area contributed by atoms with E-state index in [-0.39, 0.29) is 12.0 Å². The highest BCUT2D eigenvalue weighted by atomic mass is 32.2. The Morgan fingerprint density at radius 1 is 1.61 bits per heavy atom. The Morgan fingerprint density at radius 3 is 2.89 bits per heavy atom. The summed E-state index contributed by atoms with van der Waals surface area (Å²) < 4.78 is 24.8. The van der Waals surface area contributed by atoms with Crippen LogP contribution in [0.4, 0.5) is 0 Å². The Bertz CT molecular complexity index is 495. The van der Waals surface area contributed by atoms with Crippen LogP contribution >= 0.6 is 0 Å². The molecular formula is C12H21N3O2S. The van der Waals surface area contributed by atoms with E-state index >= 15 is 0 Å². The first kappa shape index (κ1) is 13.5. The molecule has 2 heterocycles. The number of aryl methyl sites for hydroxylation is 2. The maximum Gasteiger partial charge on any atom is 0.150 e. The minimum atomic E-state index is -2.79. The highest BCUT2D eigenvalue weighted by Gasteiger charge is 2.32. The number of hydrogen-bond acceptors (Lipinski definition) is 4. The Labute approximate surface area is 108 Å². The Kier molecular flexibility index (Phi) is 4.07. The van der Waals surface area contributed by atoms with Gasteiger partial charge in [0.05, 0.1) is 17.7 Å². The highest BCUT2D eigenvalue weighted by molar-refractivity contribution is 7.91. The van der Waals surface area contributed by atoms with Crippen LogP contribution in [0.3, 0.4) is 0 Å². The maximum absolute atomic E-state index is 11.5. The van der Waals surface area contributed by atoms with Gasteiger partial charge < -0.3 is 5.32 Å². The lowest BCUT2D eigenvalue weighted by Crippen LogP contribution is -2.34. The van der Waals surface area contributed by atoms with Crippen molar-refractivity contribution in [1.29, 1.82) is 0 Å². The largest absolute Gasteiger partial charge is 0.317 e. The van der Waals surface area contributed by atoms with Crippen molar-refractivity contribution in [3.63, 3.8) is 0 Å². The summed E-state index contributed by atoms with van der Waals surface area (Å²) in [5.74, 6) is 0.950. The molecule has 0 spiro atoms. The summed E-state index contributed by atoms with van der Waals surface area (Å²) in [5, 5.41) is 7.41. The second-order valence-electron chi connectivity index (χ2n) is 5.12. The van der Waals surface area contributed by atoms with Crippen molar-refractivity contribution >= 4 is 9.84 Å². The first-order valence-corrected chi connectivity index (χ1v) is 8.17. The average molecular weight is 271 g/mol. The fourth-order valence-corrected chi connectivity index (χ4v) is 4.56. The van der Waals surface area contributed by atoms with E-state index in [0.717, 1.165) is 19.3 Å². The second-order valence-corrected chi connectivity index (χ2v) is 7.35. The average Bonchev–Trinajstić information content (AvgIpc) is 2.86. The molecule has 1 aromatic rings. The molecule has 2 unspecified atom stereocenters. The van der Waals surface area contributed by atoms with Gasteiger partial charge in [-0.3, -0.25) is 4.68 Å². The number of sulfone groups is 1. The SMILES string of the molecule is CNC(CCc1cnn(C)c1)C1CCS(=O)(=O)C1. The van der Waals surface area contributed by atoms with Crippen LogP contribution in [0, 0.1) is 5.92 Å². The first-order chi connectivity index (χ1) is 8.50. The second kappa shape index (κ2) is 5.40. The third kappa shape index (κ3) is 3.32. The summed E-state index contributed by atoms with van der Waals surface area (Å²) in [7, 11) is 1.04. The van der Waals surface area contributed by atoms with Crippen molar-refractivity contribution in [3.05, 3.63) is 18.0 Å². The third-order valence-electron chi connectivity index (χ3n) is 3.71. The molecule has 0 amide bonds. The summed E-state index contributed by atoms with van der Waals surface area (Å²) in [6, 6.07) is 0.280. The number of rotatable bonds is 5. The summed E-state index contributed by atoms with van der Waals surface area (Å²) in [6.45, 7) is 0. The first-order valence-electron chi connectivity index (χ1n) is 6.35. The summed E-state index contributed by atoms with van der Waals surface area (Å²) >= 11 is 0. The van der Waals surface area contributed by atoms with Crippen molar-refractivity contribution in [2.75, 3.05) is 18.6 Å². The van der Waals surface area contributed by atoms with Gasteiger partial charge in [-0.15, -0.1) is 0 Å². The van der Waals surface area contributed by atoms with Gasteiger partial charge in [-0.25, -0.2) is 8.42 Å². The molecule has 0 aromatic carbocycles. The molecule has 2 atom stereocenters. The van der Waals surface area contributed by atoms with Crippen molar-refractivity contribution in [2.24, 2.45) is 13.0 Å². The predicted molar refractivity (Wildman–Crippen MR) is 71.1 cm³/mol. The zero-order valence-electron chi connectivity index (χ0n) is 11.0. The van der Waals surface area contributed by atoms with E-state index in [0.29, 0.717) is 11.5 Å². The molecule has 1 aliphatic rings. The van der Waals surface area contributed by atoms with E-state index in [2.05, 4.69) is 10.4 Å². The van der Waals surface area contributed by atoms with Gasteiger partial charge in [0.25, 0.3) is 0 Å². The van der Waals surface area contributed by atoms with Crippen LogP contribution in [0.25, 0.3) is 0 Å². The zero-order chi connectivity index (χ0) is 13.2. The Hall–Kier alpha value is -0.880. The van der Waals surface area contributed by atoms with Gasteiger partial charge in [-0.05, 0) is 37.8 Å². The normalized spacial score (nSPS) is 24.2. The molecule has 18 heavy (non-hydrogen) atoms. The molecule has 102 valence electrons. The summed E-state index contributed by atoms with van der Waals surface area (Å²) in [6.07, 6.45) is 6.58. The smallest absolute Gasteiger partial charge is 0.150 e. The van der Waals surface area contributed by atoms with Crippen LogP contribution in [0.1, 0.15) is 18.4 Å². The van der Waals surface area contributed by atoms with Gasteiger partial charge in [-0.1, -0.05) is 0 Å².